The van der Waals surface area contributed by atoms with Gasteiger partial charge in [0.2, 0.25) is 0 Å². The lowest BCUT2D eigenvalue weighted by Gasteiger charge is -2.20. The van der Waals surface area contributed by atoms with Crippen LogP contribution in [0.15, 0.2) is 24.3 Å². The summed E-state index contributed by atoms with van der Waals surface area (Å²) in [6.45, 7) is 9.17. The first kappa shape index (κ1) is 17.0. The van der Waals surface area contributed by atoms with Crippen molar-refractivity contribution < 1.29 is 9.47 Å². The molecule has 0 radical (unpaired) electrons. The van der Waals surface area contributed by atoms with Crippen LogP contribution in [0.4, 0.5) is 0 Å². The molecule has 0 aromatic heterocycles. The van der Waals surface area contributed by atoms with E-state index in [1.807, 2.05) is 18.2 Å². The summed E-state index contributed by atoms with van der Waals surface area (Å²) < 4.78 is 10.9. The molecule has 0 aliphatic carbocycles. The van der Waals surface area contributed by atoms with E-state index in [2.05, 4.69) is 32.2 Å². The van der Waals surface area contributed by atoms with E-state index >= 15 is 0 Å². The van der Waals surface area contributed by atoms with Gasteiger partial charge < -0.3 is 14.8 Å². The second-order valence-corrected chi connectivity index (χ2v) is 6.14. The highest BCUT2D eigenvalue weighted by Gasteiger charge is 2.06. The minimum absolute atomic E-state index is 0.225. The molecule has 0 aliphatic rings. The Morgan fingerprint density at radius 2 is 1.90 bits per heavy atom. The van der Waals surface area contributed by atoms with Crippen molar-refractivity contribution in [2.45, 2.75) is 52.2 Å². The van der Waals surface area contributed by atoms with Crippen LogP contribution in [0.1, 0.15) is 45.6 Å². The topological polar surface area (TPSA) is 30.5 Å². The average Bonchev–Trinajstić information content (AvgIpc) is 2.41. The van der Waals surface area contributed by atoms with Gasteiger partial charge in [0.05, 0.1) is 13.7 Å². The van der Waals surface area contributed by atoms with E-state index in [-0.39, 0.29) is 5.54 Å². The number of hydrogen-bond acceptors (Lipinski definition) is 3. The van der Waals surface area contributed by atoms with Crippen LogP contribution in [-0.2, 0) is 11.3 Å². The first-order chi connectivity index (χ1) is 9.51. The minimum atomic E-state index is 0.225. The Hall–Kier alpha value is -1.06. The summed E-state index contributed by atoms with van der Waals surface area (Å²) >= 11 is 0. The molecule has 0 saturated carbocycles. The molecular weight excluding hydrogens is 250 g/mol. The highest BCUT2D eigenvalue weighted by molar-refractivity contribution is 5.27. The molecule has 1 aromatic rings. The van der Waals surface area contributed by atoms with E-state index in [1.165, 1.54) is 18.4 Å². The van der Waals surface area contributed by atoms with Crippen LogP contribution in [0.5, 0.6) is 5.75 Å². The van der Waals surface area contributed by atoms with Gasteiger partial charge in [-0.3, -0.25) is 0 Å². The lowest BCUT2D eigenvalue weighted by atomic mass is 10.1. The third kappa shape index (κ3) is 8.18. The molecule has 3 heteroatoms. The Kier molecular flexibility index (Phi) is 7.63. The van der Waals surface area contributed by atoms with Gasteiger partial charge in [-0.05, 0) is 64.3 Å². The van der Waals surface area contributed by atoms with Crippen LogP contribution in [0, 0.1) is 0 Å². The molecule has 0 aliphatic heterocycles. The van der Waals surface area contributed by atoms with Crippen molar-refractivity contribution in [2.24, 2.45) is 0 Å². The summed E-state index contributed by atoms with van der Waals surface area (Å²) in [4.78, 5) is 0. The zero-order valence-electron chi connectivity index (χ0n) is 13.4. The molecule has 1 N–H and O–H groups in total. The molecule has 0 fully saturated rings. The van der Waals surface area contributed by atoms with Crippen molar-refractivity contribution in [3.05, 3.63) is 29.8 Å². The zero-order chi connectivity index (χ0) is 14.8. The number of nitrogens with one attached hydrogen (secondary N) is 1. The smallest absolute Gasteiger partial charge is 0.119 e. The molecule has 0 unspecified atom stereocenters. The lowest BCUT2D eigenvalue weighted by molar-refractivity contribution is 0.116. The Morgan fingerprint density at radius 1 is 1.10 bits per heavy atom. The molecule has 0 atom stereocenters. The van der Waals surface area contributed by atoms with Gasteiger partial charge >= 0.3 is 0 Å². The van der Waals surface area contributed by atoms with Gasteiger partial charge in [0.1, 0.15) is 5.75 Å². The molecule has 0 saturated heterocycles. The Bertz CT molecular complexity index is 371. The molecule has 0 bridgehead atoms. The number of rotatable bonds is 9. The van der Waals surface area contributed by atoms with Crippen LogP contribution >= 0.6 is 0 Å². The highest BCUT2D eigenvalue weighted by atomic mass is 16.5. The van der Waals surface area contributed by atoms with Gasteiger partial charge in [-0.15, -0.1) is 0 Å². The fraction of sp³-hybridized carbons (Fsp3) is 0.647. The number of unbranched alkanes of at least 4 members (excludes halogenated alkanes) is 2. The van der Waals surface area contributed by atoms with Gasteiger partial charge in [-0.2, -0.15) is 0 Å². The van der Waals surface area contributed by atoms with Crippen LogP contribution in [0.25, 0.3) is 0 Å². The average molecular weight is 279 g/mol. The number of methoxy groups -OCH3 is 1. The standard InChI is InChI=1S/C17H29NO2/c1-17(2,3)18-11-6-5-7-12-20-14-15-9-8-10-16(13-15)19-4/h8-10,13,18H,5-7,11-12,14H2,1-4H3. The van der Waals surface area contributed by atoms with Crippen LogP contribution in [-0.4, -0.2) is 25.8 Å². The number of benzene rings is 1. The van der Waals surface area contributed by atoms with Crippen molar-refractivity contribution in [3.8, 4) is 5.75 Å². The van der Waals surface area contributed by atoms with Crippen molar-refractivity contribution in [3.63, 3.8) is 0 Å². The maximum absolute atomic E-state index is 5.69. The second-order valence-electron chi connectivity index (χ2n) is 6.14. The minimum Gasteiger partial charge on any atom is -0.497 e. The zero-order valence-corrected chi connectivity index (χ0v) is 13.4. The summed E-state index contributed by atoms with van der Waals surface area (Å²) in [6, 6.07) is 8.03. The molecule has 1 rings (SSSR count). The molecule has 0 spiro atoms. The van der Waals surface area contributed by atoms with Crippen molar-refractivity contribution >= 4 is 0 Å². The number of ether oxygens (including phenoxy) is 2. The van der Waals surface area contributed by atoms with E-state index in [9.17, 15) is 0 Å². The predicted octanol–water partition coefficient (Wildman–Crippen LogP) is 3.77. The molecular formula is C17H29NO2. The summed E-state index contributed by atoms with van der Waals surface area (Å²) in [5, 5.41) is 3.50. The molecule has 3 nitrogen and oxygen atoms in total. The largest absolute Gasteiger partial charge is 0.497 e. The van der Waals surface area contributed by atoms with Gasteiger partial charge in [-0.1, -0.05) is 12.1 Å². The van der Waals surface area contributed by atoms with E-state index in [4.69, 9.17) is 9.47 Å². The predicted molar refractivity (Wildman–Crippen MR) is 84.3 cm³/mol. The van der Waals surface area contributed by atoms with Crippen molar-refractivity contribution in [2.75, 3.05) is 20.3 Å². The monoisotopic (exact) mass is 279 g/mol. The first-order valence-corrected chi connectivity index (χ1v) is 7.47. The lowest BCUT2D eigenvalue weighted by Crippen LogP contribution is -2.36. The molecule has 0 amide bonds. The van der Waals surface area contributed by atoms with E-state index in [0.717, 1.165) is 25.3 Å². The normalized spacial score (nSPS) is 11.6. The van der Waals surface area contributed by atoms with Crippen LogP contribution < -0.4 is 10.1 Å². The van der Waals surface area contributed by atoms with Crippen molar-refractivity contribution in [1.82, 2.24) is 5.32 Å². The third-order valence-electron chi connectivity index (χ3n) is 3.02. The van der Waals surface area contributed by atoms with Crippen molar-refractivity contribution in [1.29, 1.82) is 0 Å². The van der Waals surface area contributed by atoms with Crippen LogP contribution in [0.2, 0.25) is 0 Å². The Morgan fingerprint density at radius 3 is 2.60 bits per heavy atom. The Labute approximate surface area is 123 Å². The molecule has 0 heterocycles. The van der Waals surface area contributed by atoms with Gasteiger partial charge in [-0.25, -0.2) is 0 Å². The van der Waals surface area contributed by atoms with E-state index in [0.29, 0.717) is 6.61 Å². The van der Waals surface area contributed by atoms with Crippen LogP contribution in [0.3, 0.4) is 0 Å². The molecule has 20 heavy (non-hydrogen) atoms. The maximum atomic E-state index is 5.69. The van der Waals surface area contributed by atoms with Gasteiger partial charge in [0.15, 0.2) is 0 Å². The summed E-state index contributed by atoms with van der Waals surface area (Å²) in [5.74, 6) is 0.888. The SMILES string of the molecule is COc1cccc(COCCCCCNC(C)(C)C)c1. The Balaban J connectivity index is 2.02. The number of hydrogen-bond donors (Lipinski definition) is 1. The quantitative estimate of drug-likeness (QED) is 0.698. The fourth-order valence-electron chi connectivity index (χ4n) is 1.92. The summed E-state index contributed by atoms with van der Waals surface area (Å²) in [6.07, 6.45) is 3.54. The second kappa shape index (κ2) is 8.98. The summed E-state index contributed by atoms with van der Waals surface area (Å²) in [5.41, 5.74) is 1.39. The van der Waals surface area contributed by atoms with Gasteiger partial charge in [0.25, 0.3) is 0 Å². The molecule has 114 valence electrons. The van der Waals surface area contributed by atoms with Gasteiger partial charge in [0, 0.05) is 12.1 Å². The fourth-order valence-corrected chi connectivity index (χ4v) is 1.92. The maximum Gasteiger partial charge on any atom is 0.119 e. The van der Waals surface area contributed by atoms with E-state index in [1.54, 1.807) is 7.11 Å². The third-order valence-corrected chi connectivity index (χ3v) is 3.02. The summed E-state index contributed by atoms with van der Waals surface area (Å²) in [7, 11) is 1.69. The molecule has 1 aromatic carbocycles. The first-order valence-electron chi connectivity index (χ1n) is 7.47. The van der Waals surface area contributed by atoms with E-state index < -0.39 is 0 Å². The highest BCUT2D eigenvalue weighted by Crippen LogP contribution is 2.13.